The molecule has 0 N–H and O–H groups in total. The van der Waals surface area contributed by atoms with E-state index in [-0.39, 0.29) is 28.9 Å². The summed E-state index contributed by atoms with van der Waals surface area (Å²) in [6.45, 7) is 0. The number of halogens is 1. The Labute approximate surface area is 99.9 Å². The van der Waals surface area contributed by atoms with Gasteiger partial charge in [0.25, 0.3) is 0 Å². The van der Waals surface area contributed by atoms with Crippen LogP contribution in [0.15, 0.2) is 54.6 Å². The van der Waals surface area contributed by atoms with Gasteiger partial charge >= 0.3 is 23.1 Å². The molecular weight excluding hydrogens is 187 g/mol. The molecule has 2 heteroatoms. The van der Waals surface area contributed by atoms with E-state index < -0.39 is 0 Å². The Kier molecular flexibility index (Phi) is 8.18. The zero-order valence-electron chi connectivity index (χ0n) is 7.78. The van der Waals surface area contributed by atoms with Crippen LogP contribution in [0.3, 0.4) is 0 Å². The molecule has 2 aromatic rings. The molecule has 0 saturated carbocycles. The van der Waals surface area contributed by atoms with Crippen LogP contribution in [0.2, 0.25) is 0 Å². The molecule has 0 bridgehead atoms. The fraction of sp³-hybridized carbons (Fsp3) is 0. The minimum Gasteiger partial charge on any atom is -0.284 e. The molecule has 0 saturated heterocycles. The van der Waals surface area contributed by atoms with Gasteiger partial charge in [0, 0.05) is 5.82 Å². The van der Waals surface area contributed by atoms with Gasteiger partial charge in [-0.25, -0.2) is 0 Å². The van der Waals surface area contributed by atoms with Gasteiger partial charge in [0.2, 0.25) is 0 Å². The van der Waals surface area contributed by atoms with Crippen LogP contribution >= 0.6 is 0 Å². The molecule has 0 nitrogen and oxygen atoms in total. The van der Waals surface area contributed by atoms with Crippen LogP contribution in [0.4, 0.5) is 4.39 Å². The predicted octanol–water partition coefficient (Wildman–Crippen LogP) is 2.73. The summed E-state index contributed by atoms with van der Waals surface area (Å²) in [7, 11) is 0. The predicted molar refractivity (Wildman–Crippen MR) is 56.3 cm³/mol. The van der Waals surface area contributed by atoms with Crippen molar-refractivity contribution in [3.8, 4) is 0 Å². The second-order valence-corrected chi connectivity index (χ2v) is 2.30. The Bertz CT molecular complexity index is 281. The van der Waals surface area contributed by atoms with Crippen LogP contribution in [0, 0.1) is 17.9 Å². The molecule has 0 heterocycles. The summed E-state index contributed by atoms with van der Waals surface area (Å²) in [4.78, 5) is 0. The molecule has 0 aromatic heterocycles. The largest absolute Gasteiger partial charge is 2.00 e. The van der Waals surface area contributed by atoms with Crippen molar-refractivity contribution in [2.24, 2.45) is 0 Å². The standard InChI is InChI=1S/C6H4F.C6H5.Mg/c7-6-4-2-1-3-5-6;1-2-4-6-5-3-1;/h1-2,4-5H;1-5H;/q2*-1;+2. The third kappa shape index (κ3) is 6.63. The Morgan fingerprint density at radius 1 is 0.857 bits per heavy atom. The van der Waals surface area contributed by atoms with Gasteiger partial charge < -0.3 is 0 Å². The summed E-state index contributed by atoms with van der Waals surface area (Å²) < 4.78 is 11.9. The average Bonchev–Trinajstić information content (AvgIpc) is 2.22. The molecule has 0 aliphatic carbocycles. The second-order valence-electron chi connectivity index (χ2n) is 2.30. The molecule has 0 atom stereocenters. The van der Waals surface area contributed by atoms with E-state index in [0.717, 1.165) is 0 Å². The second kappa shape index (κ2) is 8.72. The Hall–Kier alpha value is -0.864. The van der Waals surface area contributed by atoms with E-state index in [4.69, 9.17) is 0 Å². The van der Waals surface area contributed by atoms with Crippen molar-refractivity contribution >= 4 is 23.1 Å². The van der Waals surface area contributed by atoms with E-state index >= 15 is 0 Å². The van der Waals surface area contributed by atoms with Crippen LogP contribution in [0.5, 0.6) is 0 Å². The maximum atomic E-state index is 11.9. The van der Waals surface area contributed by atoms with E-state index in [2.05, 4.69) is 12.1 Å². The van der Waals surface area contributed by atoms with Gasteiger partial charge in [-0.05, 0) is 0 Å². The van der Waals surface area contributed by atoms with Gasteiger partial charge in [0.05, 0.1) is 0 Å². The maximum absolute atomic E-state index is 11.9. The van der Waals surface area contributed by atoms with Crippen molar-refractivity contribution in [3.05, 3.63) is 72.5 Å². The summed E-state index contributed by atoms with van der Waals surface area (Å²) in [6.07, 6.45) is 0. The normalized spacial score (nSPS) is 7.79. The molecule has 66 valence electrons. The van der Waals surface area contributed by atoms with E-state index in [9.17, 15) is 4.39 Å². The zero-order valence-corrected chi connectivity index (χ0v) is 9.20. The summed E-state index contributed by atoms with van der Waals surface area (Å²) in [5, 5.41) is 0. The number of hydrogen-bond acceptors (Lipinski definition) is 0. The first kappa shape index (κ1) is 13.1. The summed E-state index contributed by atoms with van der Waals surface area (Å²) in [5.74, 6) is -0.234. The molecule has 0 fully saturated rings. The molecule has 14 heavy (non-hydrogen) atoms. The van der Waals surface area contributed by atoms with Gasteiger partial charge in [-0.15, -0.1) is 12.1 Å². The Morgan fingerprint density at radius 3 is 1.71 bits per heavy atom. The molecule has 0 amide bonds. The van der Waals surface area contributed by atoms with Crippen molar-refractivity contribution < 1.29 is 4.39 Å². The van der Waals surface area contributed by atoms with Crippen molar-refractivity contribution in [1.82, 2.24) is 0 Å². The fourth-order valence-corrected chi connectivity index (χ4v) is 0.713. The first-order chi connectivity index (χ1) is 6.39. The monoisotopic (exact) mass is 196 g/mol. The molecule has 0 radical (unpaired) electrons. The Morgan fingerprint density at radius 2 is 1.50 bits per heavy atom. The molecule has 0 aliphatic rings. The smallest absolute Gasteiger partial charge is 0.284 e. The van der Waals surface area contributed by atoms with Crippen molar-refractivity contribution in [3.63, 3.8) is 0 Å². The van der Waals surface area contributed by atoms with Crippen LogP contribution in [0.1, 0.15) is 0 Å². The molecule has 2 rings (SSSR count). The SMILES string of the molecule is Fc1c[c-]ccc1.[Mg+2].[c-]1ccccc1. The fourth-order valence-electron chi connectivity index (χ4n) is 0.713. The molecule has 0 spiro atoms. The number of benzene rings is 2. The molecule has 0 unspecified atom stereocenters. The average molecular weight is 197 g/mol. The van der Waals surface area contributed by atoms with Crippen LogP contribution in [-0.4, -0.2) is 23.1 Å². The zero-order chi connectivity index (χ0) is 9.36. The third-order valence-electron chi connectivity index (χ3n) is 1.28. The van der Waals surface area contributed by atoms with E-state index in [1.165, 1.54) is 12.1 Å². The van der Waals surface area contributed by atoms with E-state index in [0.29, 0.717) is 0 Å². The first-order valence-electron chi connectivity index (χ1n) is 3.92. The van der Waals surface area contributed by atoms with E-state index in [1.54, 1.807) is 12.1 Å². The Balaban J connectivity index is 0.000000227. The molecular formula is C12H9FMg. The van der Waals surface area contributed by atoms with Crippen LogP contribution < -0.4 is 0 Å². The minimum absolute atomic E-state index is 0. The number of rotatable bonds is 0. The van der Waals surface area contributed by atoms with Crippen LogP contribution in [-0.2, 0) is 0 Å². The van der Waals surface area contributed by atoms with Crippen molar-refractivity contribution in [1.29, 1.82) is 0 Å². The van der Waals surface area contributed by atoms with Gasteiger partial charge in [0.1, 0.15) is 0 Å². The quantitative estimate of drug-likeness (QED) is 0.449. The summed E-state index contributed by atoms with van der Waals surface area (Å²) in [5.41, 5.74) is 0. The minimum atomic E-state index is -0.234. The van der Waals surface area contributed by atoms with Crippen LogP contribution in [0.25, 0.3) is 0 Å². The third-order valence-corrected chi connectivity index (χ3v) is 1.28. The van der Waals surface area contributed by atoms with Gasteiger partial charge in [0.15, 0.2) is 0 Å². The number of hydrogen-bond donors (Lipinski definition) is 0. The topological polar surface area (TPSA) is 0 Å². The molecule has 2 aromatic carbocycles. The van der Waals surface area contributed by atoms with Gasteiger partial charge in [-0.3, -0.25) is 4.39 Å². The van der Waals surface area contributed by atoms with Crippen molar-refractivity contribution in [2.45, 2.75) is 0 Å². The van der Waals surface area contributed by atoms with Crippen molar-refractivity contribution in [2.75, 3.05) is 0 Å². The summed E-state index contributed by atoms with van der Waals surface area (Å²) >= 11 is 0. The summed E-state index contributed by atoms with van der Waals surface area (Å²) in [6, 6.07) is 21.0. The van der Waals surface area contributed by atoms with Gasteiger partial charge in [-0.1, -0.05) is 0 Å². The maximum Gasteiger partial charge on any atom is 2.00 e. The van der Waals surface area contributed by atoms with E-state index in [1.807, 2.05) is 30.3 Å². The van der Waals surface area contributed by atoms with Gasteiger partial charge in [-0.2, -0.15) is 54.6 Å². The molecule has 0 aliphatic heterocycles. The first-order valence-corrected chi connectivity index (χ1v) is 3.92.